The molecule has 0 saturated carbocycles. The summed E-state index contributed by atoms with van der Waals surface area (Å²) in [4.78, 5) is 3.77. The van der Waals surface area contributed by atoms with Crippen LogP contribution in [0.3, 0.4) is 0 Å². The zero-order valence-electron chi connectivity index (χ0n) is 8.22. The predicted molar refractivity (Wildman–Crippen MR) is 66.3 cm³/mol. The van der Waals surface area contributed by atoms with Crippen molar-refractivity contribution in [3.8, 4) is 17.0 Å². The van der Waals surface area contributed by atoms with Gasteiger partial charge in [-0.1, -0.05) is 34.8 Å². The topological polar surface area (TPSA) is 33.1 Å². The summed E-state index contributed by atoms with van der Waals surface area (Å²) in [6.07, 6.45) is 1.12. The van der Waals surface area contributed by atoms with Crippen LogP contribution in [0.1, 0.15) is 0 Å². The molecule has 2 rings (SSSR count). The Bertz CT molecular complexity index is 589. The molecule has 0 unspecified atom stereocenters. The summed E-state index contributed by atoms with van der Waals surface area (Å²) in [6, 6.07) is 3.78. The molecular weight excluding hydrogens is 287 g/mol. The Morgan fingerprint density at radius 1 is 1.00 bits per heavy atom. The van der Waals surface area contributed by atoms with Crippen LogP contribution in [0.5, 0.6) is 5.75 Å². The SMILES string of the molecule is Oc1cnc(-c2cc(Cl)c(Cl)cc2Cl)c(F)c1. The van der Waals surface area contributed by atoms with Crippen LogP contribution in [-0.4, -0.2) is 10.1 Å². The highest BCUT2D eigenvalue weighted by molar-refractivity contribution is 6.44. The third-order valence-corrected chi connectivity index (χ3v) is 3.13. The first kappa shape index (κ1) is 12.4. The number of nitrogens with zero attached hydrogens (tertiary/aromatic N) is 1. The number of rotatable bonds is 1. The van der Waals surface area contributed by atoms with Gasteiger partial charge >= 0.3 is 0 Å². The number of benzene rings is 1. The van der Waals surface area contributed by atoms with Crippen LogP contribution in [0, 0.1) is 5.82 Å². The van der Waals surface area contributed by atoms with E-state index in [1.54, 1.807) is 0 Å². The van der Waals surface area contributed by atoms with Crippen LogP contribution in [0.2, 0.25) is 15.1 Å². The molecule has 2 aromatic rings. The van der Waals surface area contributed by atoms with E-state index in [1.807, 2.05) is 0 Å². The van der Waals surface area contributed by atoms with Crippen molar-refractivity contribution in [2.24, 2.45) is 0 Å². The van der Waals surface area contributed by atoms with Crippen molar-refractivity contribution in [1.82, 2.24) is 4.98 Å². The van der Waals surface area contributed by atoms with Crippen molar-refractivity contribution in [2.45, 2.75) is 0 Å². The Morgan fingerprint density at radius 3 is 2.29 bits per heavy atom. The summed E-state index contributed by atoms with van der Waals surface area (Å²) in [7, 11) is 0. The summed E-state index contributed by atoms with van der Waals surface area (Å²) in [5.41, 5.74) is 0.324. The maximum atomic E-state index is 13.6. The highest BCUT2D eigenvalue weighted by Crippen LogP contribution is 2.35. The van der Waals surface area contributed by atoms with Crippen molar-refractivity contribution < 1.29 is 9.50 Å². The summed E-state index contributed by atoms with van der Waals surface area (Å²) in [6.45, 7) is 0. The maximum Gasteiger partial charge on any atom is 0.153 e. The molecule has 0 aliphatic heterocycles. The van der Waals surface area contributed by atoms with E-state index in [4.69, 9.17) is 39.9 Å². The average molecular weight is 293 g/mol. The molecule has 88 valence electrons. The highest BCUT2D eigenvalue weighted by Gasteiger charge is 2.13. The Hall–Kier alpha value is -1.03. The zero-order chi connectivity index (χ0) is 12.6. The average Bonchev–Trinajstić information content (AvgIpc) is 2.24. The van der Waals surface area contributed by atoms with Crippen molar-refractivity contribution >= 4 is 34.8 Å². The molecule has 1 heterocycles. The van der Waals surface area contributed by atoms with Gasteiger partial charge in [-0.15, -0.1) is 0 Å². The summed E-state index contributed by atoms with van der Waals surface area (Å²) in [5.74, 6) is -0.951. The van der Waals surface area contributed by atoms with Crippen molar-refractivity contribution in [2.75, 3.05) is 0 Å². The first-order chi connectivity index (χ1) is 7.99. The van der Waals surface area contributed by atoms with Gasteiger partial charge in [0.25, 0.3) is 0 Å². The lowest BCUT2D eigenvalue weighted by Gasteiger charge is -2.07. The first-order valence-electron chi connectivity index (χ1n) is 4.48. The normalized spacial score (nSPS) is 10.6. The summed E-state index contributed by atoms with van der Waals surface area (Å²) >= 11 is 17.5. The van der Waals surface area contributed by atoms with Crippen molar-refractivity contribution in [3.63, 3.8) is 0 Å². The van der Waals surface area contributed by atoms with Gasteiger partial charge in [-0.2, -0.15) is 0 Å². The van der Waals surface area contributed by atoms with E-state index in [9.17, 15) is 4.39 Å². The summed E-state index contributed by atoms with van der Waals surface area (Å²) in [5, 5.41) is 9.83. The molecule has 0 bridgehead atoms. The zero-order valence-corrected chi connectivity index (χ0v) is 10.5. The second-order valence-electron chi connectivity index (χ2n) is 3.27. The molecule has 0 fully saturated rings. The lowest BCUT2D eigenvalue weighted by Crippen LogP contribution is -1.90. The quantitative estimate of drug-likeness (QED) is 0.782. The van der Waals surface area contributed by atoms with Crippen LogP contribution in [0.4, 0.5) is 4.39 Å². The molecular formula is C11H5Cl3FNO. The number of hydrogen-bond donors (Lipinski definition) is 1. The fraction of sp³-hybridized carbons (Fsp3) is 0. The summed E-state index contributed by atoms with van der Waals surface area (Å²) < 4.78 is 13.6. The van der Waals surface area contributed by atoms with Gasteiger partial charge in [0.05, 0.1) is 21.3 Å². The lowest BCUT2D eigenvalue weighted by molar-refractivity contribution is 0.466. The van der Waals surface area contributed by atoms with Gasteiger partial charge in [0.2, 0.25) is 0 Å². The standard InChI is InChI=1S/C11H5Cl3FNO/c12-7-3-9(14)8(13)2-6(7)11-10(15)1-5(17)4-16-11/h1-4,17H. The van der Waals surface area contributed by atoms with Crippen LogP contribution in [0.25, 0.3) is 11.3 Å². The Labute approximate surface area is 112 Å². The molecule has 0 atom stereocenters. The molecule has 1 N–H and O–H groups in total. The molecule has 0 saturated heterocycles. The van der Waals surface area contributed by atoms with Gasteiger partial charge in [0, 0.05) is 11.6 Å². The third-order valence-electron chi connectivity index (χ3n) is 2.09. The fourth-order valence-corrected chi connectivity index (χ4v) is 1.97. The number of pyridine rings is 1. The lowest BCUT2D eigenvalue weighted by atomic mass is 10.1. The molecule has 1 aromatic heterocycles. The Kier molecular flexibility index (Phi) is 3.43. The smallest absolute Gasteiger partial charge is 0.153 e. The Balaban J connectivity index is 2.64. The van der Waals surface area contributed by atoms with E-state index < -0.39 is 5.82 Å². The number of aromatic hydroxyl groups is 1. The van der Waals surface area contributed by atoms with E-state index in [0.717, 1.165) is 12.3 Å². The molecule has 17 heavy (non-hydrogen) atoms. The van der Waals surface area contributed by atoms with Gasteiger partial charge < -0.3 is 5.11 Å². The van der Waals surface area contributed by atoms with E-state index in [-0.39, 0.29) is 26.5 Å². The monoisotopic (exact) mass is 291 g/mol. The van der Waals surface area contributed by atoms with Crippen LogP contribution >= 0.6 is 34.8 Å². The predicted octanol–water partition coefficient (Wildman–Crippen LogP) is 4.55. The van der Waals surface area contributed by atoms with E-state index in [0.29, 0.717) is 5.56 Å². The Morgan fingerprint density at radius 2 is 1.65 bits per heavy atom. The minimum absolute atomic E-state index is 0.00590. The van der Waals surface area contributed by atoms with E-state index >= 15 is 0 Å². The van der Waals surface area contributed by atoms with Gasteiger partial charge in [0.1, 0.15) is 11.4 Å². The molecule has 0 amide bonds. The van der Waals surface area contributed by atoms with Crippen molar-refractivity contribution in [1.29, 1.82) is 0 Å². The van der Waals surface area contributed by atoms with Crippen LogP contribution in [0.15, 0.2) is 24.4 Å². The minimum atomic E-state index is -0.690. The molecule has 0 radical (unpaired) electrons. The molecule has 1 aromatic carbocycles. The van der Waals surface area contributed by atoms with Crippen molar-refractivity contribution in [3.05, 3.63) is 45.3 Å². The number of aromatic nitrogens is 1. The molecule has 0 spiro atoms. The van der Waals surface area contributed by atoms with Gasteiger partial charge in [-0.3, -0.25) is 0 Å². The number of halogens is 4. The molecule has 2 nitrogen and oxygen atoms in total. The third kappa shape index (κ3) is 2.46. The van der Waals surface area contributed by atoms with Crippen LogP contribution < -0.4 is 0 Å². The molecule has 6 heteroatoms. The van der Waals surface area contributed by atoms with E-state index in [1.165, 1.54) is 12.1 Å². The van der Waals surface area contributed by atoms with Gasteiger partial charge in [0.15, 0.2) is 5.82 Å². The maximum absolute atomic E-state index is 13.6. The molecule has 0 aliphatic rings. The number of hydrogen-bond acceptors (Lipinski definition) is 2. The second-order valence-corrected chi connectivity index (χ2v) is 4.49. The van der Waals surface area contributed by atoms with E-state index in [2.05, 4.69) is 4.98 Å². The highest BCUT2D eigenvalue weighted by atomic mass is 35.5. The first-order valence-corrected chi connectivity index (χ1v) is 5.62. The van der Waals surface area contributed by atoms with Gasteiger partial charge in [-0.05, 0) is 12.1 Å². The van der Waals surface area contributed by atoms with Gasteiger partial charge in [-0.25, -0.2) is 9.37 Å². The minimum Gasteiger partial charge on any atom is -0.506 e. The second kappa shape index (κ2) is 4.69. The molecule has 0 aliphatic carbocycles. The van der Waals surface area contributed by atoms with Crippen LogP contribution in [-0.2, 0) is 0 Å². The largest absolute Gasteiger partial charge is 0.506 e. The fourth-order valence-electron chi connectivity index (χ4n) is 1.33.